The highest BCUT2D eigenvalue weighted by Gasteiger charge is 2.07. The number of hydrogen-bond donors (Lipinski definition) is 1. The van der Waals surface area contributed by atoms with Gasteiger partial charge in [0.1, 0.15) is 12.4 Å². The summed E-state index contributed by atoms with van der Waals surface area (Å²) >= 11 is 0. The molecule has 0 saturated carbocycles. The Morgan fingerprint density at radius 3 is 2.63 bits per heavy atom. The van der Waals surface area contributed by atoms with Crippen LogP contribution in [0.4, 0.5) is 13.2 Å². The van der Waals surface area contributed by atoms with E-state index < -0.39 is 18.8 Å². The molecular formula is C14H20F3NO. The van der Waals surface area contributed by atoms with Gasteiger partial charge in [0.25, 0.3) is 6.43 Å². The first-order valence-corrected chi connectivity index (χ1v) is 6.33. The molecule has 1 aromatic rings. The van der Waals surface area contributed by atoms with E-state index in [1.165, 1.54) is 6.07 Å². The van der Waals surface area contributed by atoms with Crippen LogP contribution in [-0.2, 0) is 17.9 Å². The van der Waals surface area contributed by atoms with Crippen molar-refractivity contribution in [3.63, 3.8) is 0 Å². The number of halogens is 3. The highest BCUT2D eigenvalue weighted by atomic mass is 19.3. The van der Waals surface area contributed by atoms with Crippen LogP contribution in [0.2, 0.25) is 0 Å². The minimum Gasteiger partial charge on any atom is -0.371 e. The number of nitrogens with one attached hydrogen (secondary N) is 1. The first-order valence-electron chi connectivity index (χ1n) is 6.33. The van der Waals surface area contributed by atoms with Gasteiger partial charge >= 0.3 is 0 Å². The van der Waals surface area contributed by atoms with Crippen molar-refractivity contribution in [3.8, 4) is 0 Å². The summed E-state index contributed by atoms with van der Waals surface area (Å²) in [6.07, 6.45) is -2.53. The molecule has 2 nitrogen and oxygen atoms in total. The van der Waals surface area contributed by atoms with Crippen molar-refractivity contribution in [1.82, 2.24) is 5.32 Å². The topological polar surface area (TPSA) is 21.3 Å². The van der Waals surface area contributed by atoms with Crippen molar-refractivity contribution in [2.24, 2.45) is 5.92 Å². The predicted octanol–water partition coefficient (Wildman–Crippen LogP) is 3.35. The lowest BCUT2D eigenvalue weighted by molar-refractivity contribution is 0.00900. The smallest absolute Gasteiger partial charge is 0.261 e. The SMILES string of the molecule is CC(C)CNCc1ccc(F)c(COCC(F)F)c1. The molecule has 0 spiro atoms. The summed E-state index contributed by atoms with van der Waals surface area (Å²) in [6.45, 7) is 4.89. The predicted molar refractivity (Wildman–Crippen MR) is 68.6 cm³/mol. The molecule has 0 heterocycles. The number of ether oxygens (including phenoxy) is 1. The largest absolute Gasteiger partial charge is 0.371 e. The molecule has 1 aromatic carbocycles. The molecule has 1 rings (SSSR count). The van der Waals surface area contributed by atoms with Crippen molar-refractivity contribution >= 4 is 0 Å². The molecule has 0 aliphatic carbocycles. The van der Waals surface area contributed by atoms with Crippen LogP contribution in [0.1, 0.15) is 25.0 Å². The van der Waals surface area contributed by atoms with Crippen LogP contribution in [0.15, 0.2) is 18.2 Å². The van der Waals surface area contributed by atoms with E-state index in [9.17, 15) is 13.2 Å². The zero-order valence-corrected chi connectivity index (χ0v) is 11.3. The molecule has 0 aliphatic heterocycles. The quantitative estimate of drug-likeness (QED) is 0.785. The average Bonchev–Trinajstić information content (AvgIpc) is 2.32. The molecule has 5 heteroatoms. The molecule has 0 radical (unpaired) electrons. The third kappa shape index (κ3) is 6.59. The molecule has 0 fully saturated rings. The summed E-state index contributed by atoms with van der Waals surface area (Å²) in [7, 11) is 0. The summed E-state index contributed by atoms with van der Waals surface area (Å²) in [5.41, 5.74) is 1.22. The molecule has 0 saturated heterocycles. The highest BCUT2D eigenvalue weighted by Crippen LogP contribution is 2.12. The van der Waals surface area contributed by atoms with Gasteiger partial charge in [0.2, 0.25) is 0 Å². The maximum Gasteiger partial charge on any atom is 0.261 e. The third-order valence-corrected chi connectivity index (χ3v) is 2.49. The summed E-state index contributed by atoms with van der Waals surface area (Å²) < 4.78 is 42.1. The normalized spacial score (nSPS) is 11.5. The van der Waals surface area contributed by atoms with Gasteiger partial charge in [-0.3, -0.25) is 0 Å². The molecule has 1 N–H and O–H groups in total. The maximum atomic E-state index is 13.5. The van der Waals surface area contributed by atoms with E-state index in [2.05, 4.69) is 19.2 Å². The summed E-state index contributed by atoms with van der Waals surface area (Å²) in [4.78, 5) is 0. The Morgan fingerprint density at radius 2 is 2.00 bits per heavy atom. The number of rotatable bonds is 8. The molecule has 108 valence electrons. The van der Waals surface area contributed by atoms with Gasteiger partial charge in [0, 0.05) is 12.1 Å². The molecule has 0 bridgehead atoms. The average molecular weight is 275 g/mol. The van der Waals surface area contributed by atoms with E-state index in [4.69, 9.17) is 4.74 Å². The second-order valence-electron chi connectivity index (χ2n) is 4.86. The Bertz CT molecular complexity index is 383. The van der Waals surface area contributed by atoms with Gasteiger partial charge in [-0.05, 0) is 30.2 Å². The standard InChI is InChI=1S/C14H20F3NO/c1-10(2)6-18-7-11-3-4-13(15)12(5-11)8-19-9-14(16)17/h3-5,10,14,18H,6-9H2,1-2H3. The van der Waals surface area contributed by atoms with E-state index in [-0.39, 0.29) is 6.61 Å². The first-order chi connectivity index (χ1) is 8.99. The van der Waals surface area contributed by atoms with E-state index in [1.54, 1.807) is 12.1 Å². The lowest BCUT2D eigenvalue weighted by atomic mass is 10.1. The Hall–Kier alpha value is -1.07. The molecule has 0 atom stereocenters. The van der Waals surface area contributed by atoms with Crippen molar-refractivity contribution < 1.29 is 17.9 Å². The Labute approximate surface area is 112 Å². The number of alkyl halides is 2. The fourth-order valence-electron chi connectivity index (χ4n) is 1.61. The van der Waals surface area contributed by atoms with Gasteiger partial charge in [-0.25, -0.2) is 13.2 Å². The van der Waals surface area contributed by atoms with E-state index in [0.29, 0.717) is 18.0 Å². The summed E-state index contributed by atoms with van der Waals surface area (Å²) in [5.74, 6) is 0.108. The second kappa shape index (κ2) is 8.17. The van der Waals surface area contributed by atoms with E-state index in [1.807, 2.05) is 0 Å². The Kier molecular flexibility index (Phi) is 6.87. The monoisotopic (exact) mass is 275 g/mol. The fraction of sp³-hybridized carbons (Fsp3) is 0.571. The zero-order valence-electron chi connectivity index (χ0n) is 11.3. The Morgan fingerprint density at radius 1 is 1.26 bits per heavy atom. The van der Waals surface area contributed by atoms with Crippen LogP contribution in [-0.4, -0.2) is 19.6 Å². The van der Waals surface area contributed by atoms with Crippen molar-refractivity contribution in [2.45, 2.75) is 33.4 Å². The lowest BCUT2D eigenvalue weighted by Crippen LogP contribution is -2.19. The zero-order chi connectivity index (χ0) is 14.3. The highest BCUT2D eigenvalue weighted by molar-refractivity contribution is 5.24. The van der Waals surface area contributed by atoms with Gasteiger partial charge in [0.15, 0.2) is 0 Å². The van der Waals surface area contributed by atoms with Crippen LogP contribution in [0.5, 0.6) is 0 Å². The summed E-state index contributed by atoms with van der Waals surface area (Å²) in [5, 5.41) is 3.24. The molecule has 0 aliphatic rings. The molecule has 0 aromatic heterocycles. The minimum absolute atomic E-state index is 0.131. The second-order valence-corrected chi connectivity index (χ2v) is 4.86. The first kappa shape index (κ1) is 16.0. The van der Waals surface area contributed by atoms with Crippen LogP contribution >= 0.6 is 0 Å². The van der Waals surface area contributed by atoms with Crippen LogP contribution in [0.25, 0.3) is 0 Å². The van der Waals surface area contributed by atoms with Crippen molar-refractivity contribution in [2.75, 3.05) is 13.2 Å². The number of benzene rings is 1. The maximum absolute atomic E-state index is 13.5. The van der Waals surface area contributed by atoms with E-state index in [0.717, 1.165) is 12.1 Å². The third-order valence-electron chi connectivity index (χ3n) is 2.49. The molecular weight excluding hydrogens is 255 g/mol. The van der Waals surface area contributed by atoms with E-state index >= 15 is 0 Å². The molecule has 0 unspecified atom stereocenters. The van der Waals surface area contributed by atoms with Gasteiger partial charge in [0.05, 0.1) is 6.61 Å². The van der Waals surface area contributed by atoms with Gasteiger partial charge in [-0.2, -0.15) is 0 Å². The lowest BCUT2D eigenvalue weighted by Gasteiger charge is -2.10. The van der Waals surface area contributed by atoms with Crippen LogP contribution in [0, 0.1) is 11.7 Å². The Balaban J connectivity index is 2.51. The summed E-state index contributed by atoms with van der Waals surface area (Å²) in [6, 6.07) is 4.67. The van der Waals surface area contributed by atoms with Crippen molar-refractivity contribution in [3.05, 3.63) is 35.1 Å². The van der Waals surface area contributed by atoms with Gasteiger partial charge < -0.3 is 10.1 Å². The molecule has 19 heavy (non-hydrogen) atoms. The van der Waals surface area contributed by atoms with Crippen LogP contribution < -0.4 is 5.32 Å². The number of hydrogen-bond acceptors (Lipinski definition) is 2. The van der Waals surface area contributed by atoms with Crippen molar-refractivity contribution in [1.29, 1.82) is 0 Å². The van der Waals surface area contributed by atoms with Gasteiger partial charge in [-0.15, -0.1) is 0 Å². The van der Waals surface area contributed by atoms with Gasteiger partial charge in [-0.1, -0.05) is 19.9 Å². The van der Waals surface area contributed by atoms with Crippen LogP contribution in [0.3, 0.4) is 0 Å². The molecule has 0 amide bonds. The fourth-order valence-corrected chi connectivity index (χ4v) is 1.61. The minimum atomic E-state index is -2.53.